The largest absolute Gasteiger partial charge is 0.497 e. The molecule has 0 aromatic carbocycles. The van der Waals surface area contributed by atoms with Crippen LogP contribution in [-0.2, 0) is 6.42 Å². The lowest BCUT2D eigenvalue weighted by Gasteiger charge is -2.18. The molecule has 5 nitrogen and oxygen atoms in total. The molecule has 17 heavy (non-hydrogen) atoms. The smallest absolute Gasteiger partial charge is 0.164 e. The molecule has 1 unspecified atom stereocenters. The number of nitrogens with zero attached hydrogens (tertiary/aromatic N) is 4. The molecular weight excluding hydrogens is 216 g/mol. The van der Waals surface area contributed by atoms with Crippen molar-refractivity contribution in [3.8, 4) is 5.75 Å². The molecule has 0 saturated heterocycles. The average molecular weight is 234 g/mol. The van der Waals surface area contributed by atoms with Gasteiger partial charge >= 0.3 is 0 Å². The summed E-state index contributed by atoms with van der Waals surface area (Å²) in [6, 6.07) is 4.24. The second-order valence-corrected chi connectivity index (χ2v) is 4.43. The van der Waals surface area contributed by atoms with Crippen LogP contribution < -0.4 is 4.74 Å². The van der Waals surface area contributed by atoms with E-state index in [2.05, 4.69) is 36.1 Å². The van der Waals surface area contributed by atoms with E-state index in [1.165, 1.54) is 0 Å². The normalized spacial score (nSPS) is 13.2. The first kappa shape index (κ1) is 11.9. The van der Waals surface area contributed by atoms with E-state index >= 15 is 0 Å². The summed E-state index contributed by atoms with van der Waals surface area (Å²) in [6.45, 7) is 2.17. The fourth-order valence-electron chi connectivity index (χ4n) is 1.63. The van der Waals surface area contributed by atoms with Crippen LogP contribution in [0.2, 0.25) is 0 Å². The lowest BCUT2D eigenvalue weighted by molar-refractivity contribution is 0.308. The lowest BCUT2D eigenvalue weighted by Crippen LogP contribution is -2.27. The molecule has 92 valence electrons. The molecule has 2 aromatic heterocycles. The van der Waals surface area contributed by atoms with Crippen LogP contribution in [0.3, 0.4) is 0 Å². The number of ether oxygens (including phenoxy) is 1. The fourth-order valence-corrected chi connectivity index (χ4v) is 1.63. The molecule has 2 rings (SSSR count). The zero-order chi connectivity index (χ0) is 12.4. The molecule has 0 aliphatic rings. The summed E-state index contributed by atoms with van der Waals surface area (Å²) in [7, 11) is 5.78. The second kappa shape index (κ2) is 4.71. The van der Waals surface area contributed by atoms with Gasteiger partial charge in [0.1, 0.15) is 11.6 Å². The number of hydrogen-bond donors (Lipinski definition) is 0. The molecule has 5 heteroatoms. The van der Waals surface area contributed by atoms with E-state index in [0.717, 1.165) is 23.6 Å². The van der Waals surface area contributed by atoms with Crippen LogP contribution in [0, 0.1) is 0 Å². The van der Waals surface area contributed by atoms with E-state index in [9.17, 15) is 0 Å². The predicted molar refractivity (Wildman–Crippen MR) is 66.4 cm³/mol. The van der Waals surface area contributed by atoms with Gasteiger partial charge in [-0.25, -0.2) is 0 Å². The molecule has 0 N–H and O–H groups in total. The molecule has 0 spiro atoms. The molecule has 1 atom stereocenters. The number of pyridine rings is 1. The van der Waals surface area contributed by atoms with E-state index in [-0.39, 0.29) is 0 Å². The predicted octanol–water partition coefficient (Wildman–Crippen LogP) is 1.23. The minimum Gasteiger partial charge on any atom is -0.497 e. The minimum atomic E-state index is 0.435. The van der Waals surface area contributed by atoms with Crippen LogP contribution in [0.4, 0.5) is 0 Å². The number of rotatable bonds is 4. The number of methoxy groups -OCH3 is 1. The van der Waals surface area contributed by atoms with Crippen LogP contribution in [0.1, 0.15) is 12.7 Å². The van der Waals surface area contributed by atoms with Crippen molar-refractivity contribution in [2.45, 2.75) is 19.4 Å². The summed E-state index contributed by atoms with van der Waals surface area (Å²) in [6.07, 6.45) is 2.83. The van der Waals surface area contributed by atoms with Gasteiger partial charge in [-0.15, -0.1) is 10.2 Å². The van der Waals surface area contributed by atoms with Crippen LogP contribution in [0.15, 0.2) is 18.3 Å². The maximum absolute atomic E-state index is 5.16. The molecule has 0 fully saturated rings. The Morgan fingerprint density at radius 1 is 1.41 bits per heavy atom. The van der Waals surface area contributed by atoms with Gasteiger partial charge in [0.2, 0.25) is 0 Å². The molecule has 0 radical (unpaired) electrons. The minimum absolute atomic E-state index is 0.435. The highest BCUT2D eigenvalue weighted by molar-refractivity contribution is 5.44. The summed E-state index contributed by atoms with van der Waals surface area (Å²) < 4.78 is 7.16. The van der Waals surface area contributed by atoms with Crippen molar-refractivity contribution in [2.24, 2.45) is 0 Å². The van der Waals surface area contributed by atoms with E-state index in [0.29, 0.717) is 6.04 Å². The van der Waals surface area contributed by atoms with Gasteiger partial charge in [0.05, 0.1) is 7.11 Å². The van der Waals surface area contributed by atoms with E-state index in [1.807, 2.05) is 22.7 Å². The Labute approximate surface area is 101 Å². The first-order chi connectivity index (χ1) is 8.11. The summed E-state index contributed by atoms with van der Waals surface area (Å²) >= 11 is 0. The Hall–Kier alpha value is -1.62. The van der Waals surface area contributed by atoms with Crippen molar-refractivity contribution in [2.75, 3.05) is 21.2 Å². The SMILES string of the molecule is COc1ccn2c(CC(C)N(C)C)nnc2c1. The van der Waals surface area contributed by atoms with Gasteiger partial charge in [-0.1, -0.05) is 0 Å². The number of hydrogen-bond acceptors (Lipinski definition) is 4. The maximum Gasteiger partial charge on any atom is 0.164 e. The van der Waals surface area contributed by atoms with Crippen LogP contribution in [-0.4, -0.2) is 46.7 Å². The second-order valence-electron chi connectivity index (χ2n) is 4.43. The maximum atomic E-state index is 5.16. The first-order valence-corrected chi connectivity index (χ1v) is 5.66. The number of likely N-dealkylation sites (N-methyl/N-ethyl adjacent to an activating group) is 1. The molecular formula is C12H18N4O. The molecule has 0 bridgehead atoms. The van der Waals surface area contributed by atoms with Crippen molar-refractivity contribution in [3.05, 3.63) is 24.2 Å². The Bertz CT molecular complexity index is 506. The van der Waals surface area contributed by atoms with Gasteiger partial charge in [-0.2, -0.15) is 0 Å². The van der Waals surface area contributed by atoms with Gasteiger partial charge in [0, 0.05) is 24.7 Å². The van der Waals surface area contributed by atoms with Gasteiger partial charge in [-0.05, 0) is 27.1 Å². The Balaban J connectivity index is 2.30. The number of fused-ring (bicyclic) bond motifs is 1. The van der Waals surface area contributed by atoms with Crippen molar-refractivity contribution in [1.82, 2.24) is 19.5 Å². The molecule has 0 saturated carbocycles. The van der Waals surface area contributed by atoms with Gasteiger partial charge in [-0.3, -0.25) is 4.40 Å². The third-order valence-corrected chi connectivity index (χ3v) is 3.05. The molecule has 2 aromatic rings. The molecule has 0 aliphatic heterocycles. The first-order valence-electron chi connectivity index (χ1n) is 5.66. The third kappa shape index (κ3) is 2.39. The highest BCUT2D eigenvalue weighted by Gasteiger charge is 2.11. The van der Waals surface area contributed by atoms with Crippen molar-refractivity contribution >= 4 is 5.65 Å². The highest BCUT2D eigenvalue weighted by atomic mass is 16.5. The van der Waals surface area contributed by atoms with Gasteiger partial charge < -0.3 is 9.64 Å². The van der Waals surface area contributed by atoms with Crippen LogP contribution >= 0.6 is 0 Å². The third-order valence-electron chi connectivity index (χ3n) is 3.05. The number of aromatic nitrogens is 3. The van der Waals surface area contributed by atoms with Gasteiger partial charge in [0.25, 0.3) is 0 Å². The Morgan fingerprint density at radius 3 is 2.82 bits per heavy atom. The van der Waals surface area contributed by atoms with Crippen molar-refractivity contribution in [1.29, 1.82) is 0 Å². The zero-order valence-electron chi connectivity index (χ0n) is 10.7. The molecule has 2 heterocycles. The highest BCUT2D eigenvalue weighted by Crippen LogP contribution is 2.14. The average Bonchev–Trinajstić information content (AvgIpc) is 2.71. The quantitative estimate of drug-likeness (QED) is 0.798. The van der Waals surface area contributed by atoms with E-state index < -0.39 is 0 Å². The fraction of sp³-hybridized carbons (Fsp3) is 0.500. The summed E-state index contributed by atoms with van der Waals surface area (Å²) in [5.41, 5.74) is 0.824. The van der Waals surface area contributed by atoms with Crippen LogP contribution in [0.5, 0.6) is 5.75 Å². The monoisotopic (exact) mass is 234 g/mol. The van der Waals surface area contributed by atoms with E-state index in [1.54, 1.807) is 7.11 Å². The van der Waals surface area contributed by atoms with Gasteiger partial charge in [0.15, 0.2) is 5.65 Å². The van der Waals surface area contributed by atoms with E-state index in [4.69, 9.17) is 4.74 Å². The van der Waals surface area contributed by atoms with Crippen molar-refractivity contribution < 1.29 is 4.74 Å². The summed E-state index contributed by atoms with van der Waals surface area (Å²) in [5, 5.41) is 8.38. The lowest BCUT2D eigenvalue weighted by atomic mass is 10.2. The summed E-state index contributed by atoms with van der Waals surface area (Å²) in [5.74, 6) is 1.78. The van der Waals surface area contributed by atoms with Crippen molar-refractivity contribution in [3.63, 3.8) is 0 Å². The Morgan fingerprint density at radius 2 is 2.18 bits per heavy atom. The Kier molecular flexibility index (Phi) is 3.28. The zero-order valence-corrected chi connectivity index (χ0v) is 10.7. The summed E-state index contributed by atoms with van der Waals surface area (Å²) in [4.78, 5) is 2.17. The standard InChI is InChI=1S/C12H18N4O/c1-9(15(2)3)7-11-13-14-12-8-10(17-4)5-6-16(11)12/h5-6,8-9H,7H2,1-4H3. The molecule has 0 aliphatic carbocycles. The van der Waals surface area contributed by atoms with Crippen LogP contribution in [0.25, 0.3) is 5.65 Å². The topological polar surface area (TPSA) is 42.7 Å². The molecule has 0 amide bonds.